The fourth-order valence-electron chi connectivity index (χ4n) is 2.83. The van der Waals surface area contributed by atoms with Crippen LogP contribution in [0.1, 0.15) is 18.4 Å². The van der Waals surface area contributed by atoms with Crippen LogP contribution in [0, 0.1) is 18.7 Å². The third-order valence-corrected chi connectivity index (χ3v) is 4.38. The van der Waals surface area contributed by atoms with Crippen LogP contribution in [0.25, 0.3) is 0 Å². The van der Waals surface area contributed by atoms with Crippen molar-refractivity contribution in [2.45, 2.75) is 19.8 Å². The first-order valence-electron chi connectivity index (χ1n) is 8.10. The number of carbonyl (C=O) groups excluding carboxylic acids is 2. The van der Waals surface area contributed by atoms with Crippen molar-refractivity contribution in [2.24, 2.45) is 5.92 Å². The number of anilines is 1. The Kier molecular flexibility index (Phi) is 4.61. The molecule has 2 aliphatic rings. The molecule has 0 unspecified atom stereocenters. The number of aryl methyl sites for hydroxylation is 1. The molecule has 6 heteroatoms. The average molecular weight is 319 g/mol. The van der Waals surface area contributed by atoms with E-state index in [0.717, 1.165) is 18.4 Å². The number of amides is 2. The number of carbonyl (C=O) groups is 2. The van der Waals surface area contributed by atoms with E-state index in [0.29, 0.717) is 26.2 Å². The topological polar surface area (TPSA) is 52.7 Å². The summed E-state index contributed by atoms with van der Waals surface area (Å²) in [5, 5.41) is 2.61. The van der Waals surface area contributed by atoms with Gasteiger partial charge in [0.1, 0.15) is 5.82 Å². The van der Waals surface area contributed by atoms with Crippen LogP contribution in [0.5, 0.6) is 0 Å². The molecule has 2 fully saturated rings. The van der Waals surface area contributed by atoms with Crippen molar-refractivity contribution in [3.05, 3.63) is 29.6 Å². The van der Waals surface area contributed by atoms with Crippen molar-refractivity contribution in [3.8, 4) is 0 Å². The number of hydrogen-bond donors (Lipinski definition) is 1. The molecule has 3 rings (SSSR count). The number of nitrogens with one attached hydrogen (secondary N) is 1. The zero-order valence-electron chi connectivity index (χ0n) is 13.3. The first-order valence-corrected chi connectivity index (χ1v) is 8.10. The molecule has 1 aliphatic heterocycles. The van der Waals surface area contributed by atoms with E-state index in [1.165, 1.54) is 6.07 Å². The third-order valence-electron chi connectivity index (χ3n) is 4.38. The van der Waals surface area contributed by atoms with Gasteiger partial charge in [0, 0.05) is 32.1 Å². The summed E-state index contributed by atoms with van der Waals surface area (Å²) in [6.07, 6.45) is 2.03. The van der Waals surface area contributed by atoms with Gasteiger partial charge in [0.2, 0.25) is 11.8 Å². The third kappa shape index (κ3) is 4.07. The van der Waals surface area contributed by atoms with Crippen molar-refractivity contribution in [3.63, 3.8) is 0 Å². The molecule has 1 aromatic rings. The molecule has 2 amide bonds. The molecule has 1 aromatic carbocycles. The van der Waals surface area contributed by atoms with Gasteiger partial charge in [-0.2, -0.15) is 0 Å². The first-order chi connectivity index (χ1) is 11.0. The van der Waals surface area contributed by atoms with Gasteiger partial charge in [0.05, 0.1) is 12.2 Å². The molecule has 5 nitrogen and oxygen atoms in total. The van der Waals surface area contributed by atoms with Gasteiger partial charge in [0.25, 0.3) is 0 Å². The monoisotopic (exact) mass is 319 g/mol. The Labute approximate surface area is 135 Å². The Balaban J connectivity index is 1.46. The second kappa shape index (κ2) is 6.66. The molecule has 0 bridgehead atoms. The molecule has 124 valence electrons. The molecule has 23 heavy (non-hydrogen) atoms. The summed E-state index contributed by atoms with van der Waals surface area (Å²) in [4.78, 5) is 27.9. The van der Waals surface area contributed by atoms with Crippen LogP contribution >= 0.6 is 0 Å². The van der Waals surface area contributed by atoms with Crippen LogP contribution in [0.15, 0.2) is 18.2 Å². The Morgan fingerprint density at radius 3 is 2.52 bits per heavy atom. The molecular weight excluding hydrogens is 297 g/mol. The highest BCUT2D eigenvalue weighted by molar-refractivity contribution is 5.92. The van der Waals surface area contributed by atoms with Crippen LogP contribution < -0.4 is 5.32 Å². The summed E-state index contributed by atoms with van der Waals surface area (Å²) < 4.78 is 13.7. The van der Waals surface area contributed by atoms with E-state index in [1.807, 2.05) is 9.80 Å². The van der Waals surface area contributed by atoms with Crippen LogP contribution in [0.4, 0.5) is 10.1 Å². The second-order valence-corrected chi connectivity index (χ2v) is 6.41. The SMILES string of the molecule is Cc1ccc(NC(=O)CN2CCN(C(=O)C3CC3)CC2)c(F)c1. The lowest BCUT2D eigenvalue weighted by Crippen LogP contribution is -2.50. The number of benzene rings is 1. The molecular formula is C17H22FN3O2. The summed E-state index contributed by atoms with van der Waals surface area (Å²) in [6, 6.07) is 4.74. The van der Waals surface area contributed by atoms with E-state index in [4.69, 9.17) is 0 Å². The minimum absolute atomic E-state index is 0.211. The standard InChI is InChI=1S/C17H22FN3O2/c1-12-2-5-15(14(18)10-12)19-16(22)11-20-6-8-21(9-7-20)17(23)13-3-4-13/h2,5,10,13H,3-4,6-9,11H2,1H3,(H,19,22). The molecule has 0 aromatic heterocycles. The molecule has 1 N–H and O–H groups in total. The van der Waals surface area contributed by atoms with E-state index in [2.05, 4.69) is 5.32 Å². The Hall–Kier alpha value is -1.95. The van der Waals surface area contributed by atoms with Gasteiger partial charge in [-0.25, -0.2) is 4.39 Å². The largest absolute Gasteiger partial charge is 0.340 e. The number of nitrogens with zero attached hydrogens (tertiary/aromatic N) is 2. The van der Waals surface area contributed by atoms with Gasteiger partial charge < -0.3 is 10.2 Å². The molecule has 0 atom stereocenters. The molecule has 1 aliphatic carbocycles. The minimum Gasteiger partial charge on any atom is -0.340 e. The van der Waals surface area contributed by atoms with Crippen LogP contribution in [0.2, 0.25) is 0 Å². The van der Waals surface area contributed by atoms with Crippen molar-refractivity contribution >= 4 is 17.5 Å². The molecule has 0 spiro atoms. The Morgan fingerprint density at radius 1 is 1.22 bits per heavy atom. The van der Waals surface area contributed by atoms with E-state index in [9.17, 15) is 14.0 Å². The average Bonchev–Trinajstić information content (AvgIpc) is 3.35. The Morgan fingerprint density at radius 2 is 1.91 bits per heavy atom. The van der Waals surface area contributed by atoms with Gasteiger partial charge >= 0.3 is 0 Å². The van der Waals surface area contributed by atoms with Crippen LogP contribution in [-0.4, -0.2) is 54.3 Å². The van der Waals surface area contributed by atoms with E-state index >= 15 is 0 Å². The van der Waals surface area contributed by atoms with Gasteiger partial charge in [-0.3, -0.25) is 14.5 Å². The maximum absolute atomic E-state index is 13.7. The quantitative estimate of drug-likeness (QED) is 0.918. The minimum atomic E-state index is -0.418. The zero-order valence-corrected chi connectivity index (χ0v) is 13.3. The van der Waals surface area contributed by atoms with E-state index in [1.54, 1.807) is 19.1 Å². The number of halogens is 1. The summed E-state index contributed by atoms with van der Waals surface area (Å²) >= 11 is 0. The smallest absolute Gasteiger partial charge is 0.238 e. The lowest BCUT2D eigenvalue weighted by atomic mass is 10.2. The predicted octanol–water partition coefficient (Wildman–Crippen LogP) is 1.63. The van der Waals surface area contributed by atoms with Crippen LogP contribution in [-0.2, 0) is 9.59 Å². The molecule has 1 saturated heterocycles. The first kappa shape index (κ1) is 15.9. The van der Waals surface area contributed by atoms with Crippen molar-refractivity contribution in [1.29, 1.82) is 0 Å². The van der Waals surface area contributed by atoms with Crippen molar-refractivity contribution in [1.82, 2.24) is 9.80 Å². The summed E-state index contributed by atoms with van der Waals surface area (Å²) in [5.41, 5.74) is 1.03. The second-order valence-electron chi connectivity index (χ2n) is 6.41. The van der Waals surface area contributed by atoms with Crippen molar-refractivity contribution in [2.75, 3.05) is 38.0 Å². The fourth-order valence-corrected chi connectivity index (χ4v) is 2.83. The maximum Gasteiger partial charge on any atom is 0.238 e. The van der Waals surface area contributed by atoms with Crippen molar-refractivity contribution < 1.29 is 14.0 Å². The summed E-state index contributed by atoms with van der Waals surface area (Å²) in [5.74, 6) is -0.141. The fraction of sp³-hybridized carbons (Fsp3) is 0.529. The number of hydrogen-bond acceptors (Lipinski definition) is 3. The maximum atomic E-state index is 13.7. The lowest BCUT2D eigenvalue weighted by molar-refractivity contribution is -0.134. The molecule has 0 radical (unpaired) electrons. The number of rotatable bonds is 4. The number of piperazine rings is 1. The highest BCUT2D eigenvalue weighted by Gasteiger charge is 2.34. The van der Waals surface area contributed by atoms with Gasteiger partial charge in [-0.15, -0.1) is 0 Å². The summed E-state index contributed by atoms with van der Waals surface area (Å²) in [6.45, 7) is 4.73. The molecule has 1 saturated carbocycles. The summed E-state index contributed by atoms with van der Waals surface area (Å²) in [7, 11) is 0. The molecule has 1 heterocycles. The van der Waals surface area contributed by atoms with E-state index < -0.39 is 5.82 Å². The lowest BCUT2D eigenvalue weighted by Gasteiger charge is -2.34. The van der Waals surface area contributed by atoms with Gasteiger partial charge in [-0.1, -0.05) is 6.07 Å². The van der Waals surface area contributed by atoms with Crippen LogP contribution in [0.3, 0.4) is 0 Å². The van der Waals surface area contributed by atoms with E-state index in [-0.39, 0.29) is 30.0 Å². The van der Waals surface area contributed by atoms with Gasteiger partial charge in [-0.05, 0) is 37.5 Å². The predicted molar refractivity (Wildman–Crippen MR) is 85.5 cm³/mol. The van der Waals surface area contributed by atoms with Gasteiger partial charge in [0.15, 0.2) is 0 Å². The highest BCUT2D eigenvalue weighted by atomic mass is 19.1. The Bertz CT molecular complexity index is 608. The normalized spacial score (nSPS) is 18.8. The highest BCUT2D eigenvalue weighted by Crippen LogP contribution is 2.31. The zero-order chi connectivity index (χ0) is 16.4.